The molecule has 2 aromatic heterocycles. The summed E-state index contributed by atoms with van der Waals surface area (Å²) in [5.41, 5.74) is 3.05. The van der Waals surface area contributed by atoms with E-state index in [0.29, 0.717) is 0 Å². The third-order valence-electron chi connectivity index (χ3n) is 2.19. The highest BCUT2D eigenvalue weighted by atomic mass is 32.1. The van der Waals surface area contributed by atoms with Crippen molar-refractivity contribution < 1.29 is 0 Å². The lowest BCUT2D eigenvalue weighted by Gasteiger charge is -1.94. The largest absolute Gasteiger partial charge is 0.210 e. The third kappa shape index (κ3) is 1.84. The molecule has 0 unspecified atom stereocenters. The van der Waals surface area contributed by atoms with E-state index in [9.17, 15) is 0 Å². The molecule has 0 spiro atoms. The first-order valence-corrected chi connectivity index (χ1v) is 5.75. The van der Waals surface area contributed by atoms with Crippen LogP contribution in [0.5, 0.6) is 0 Å². The van der Waals surface area contributed by atoms with Crippen molar-refractivity contribution in [2.24, 2.45) is 0 Å². The minimum absolute atomic E-state index is 0.908. The van der Waals surface area contributed by atoms with Gasteiger partial charge in [0.25, 0.3) is 0 Å². The summed E-state index contributed by atoms with van der Waals surface area (Å²) in [5, 5.41) is 9.06. The van der Waals surface area contributed by atoms with Crippen molar-refractivity contribution in [3.05, 3.63) is 41.6 Å². The van der Waals surface area contributed by atoms with Gasteiger partial charge >= 0.3 is 0 Å². The Hall–Kier alpha value is -1.68. The van der Waals surface area contributed by atoms with Crippen LogP contribution in [0.1, 0.15) is 23.1 Å². The topological polar surface area (TPSA) is 30.7 Å². The zero-order valence-corrected chi connectivity index (χ0v) is 10.2. The second kappa shape index (κ2) is 4.06. The number of aryl methyl sites for hydroxylation is 1. The van der Waals surface area contributed by atoms with Crippen LogP contribution >= 0.6 is 11.3 Å². The first-order valence-electron chi connectivity index (χ1n) is 4.93. The number of hydrogen-bond donors (Lipinski definition) is 0. The predicted molar refractivity (Wildman–Crippen MR) is 68.8 cm³/mol. The molecular weight excluding hydrogens is 218 g/mol. The Morgan fingerprint density at radius 2 is 2.31 bits per heavy atom. The molecule has 82 valence electrons. The molecule has 0 saturated heterocycles. The van der Waals surface area contributed by atoms with Crippen LogP contribution in [0.4, 0.5) is 0 Å². The van der Waals surface area contributed by atoms with Crippen LogP contribution in [0, 0.1) is 6.92 Å². The number of nitrogens with zero attached hydrogens (tertiary/aromatic N) is 3. The van der Waals surface area contributed by atoms with Crippen molar-refractivity contribution >= 4 is 23.0 Å². The highest BCUT2D eigenvalue weighted by molar-refractivity contribution is 7.15. The van der Waals surface area contributed by atoms with Gasteiger partial charge in [0.05, 0.1) is 11.9 Å². The molecule has 0 radical (unpaired) electrons. The maximum atomic E-state index is 4.05. The molecule has 0 aliphatic carbocycles. The number of aromatic nitrogens is 3. The molecule has 0 N–H and O–H groups in total. The predicted octanol–water partition coefficient (Wildman–Crippen LogP) is 3.31. The molecule has 0 atom stereocenters. The van der Waals surface area contributed by atoms with E-state index in [1.807, 2.05) is 26.1 Å². The molecule has 2 rings (SSSR count). The van der Waals surface area contributed by atoms with Crippen molar-refractivity contribution in [3.8, 4) is 5.00 Å². The summed E-state index contributed by atoms with van der Waals surface area (Å²) in [5.74, 6) is 0. The minimum Gasteiger partial charge on any atom is -0.210 e. The molecular formula is C12H13N3S. The quantitative estimate of drug-likeness (QED) is 0.811. The first kappa shape index (κ1) is 10.8. The fourth-order valence-electron chi connectivity index (χ4n) is 1.44. The minimum atomic E-state index is 0.908. The highest BCUT2D eigenvalue weighted by Crippen LogP contribution is 2.30. The summed E-state index contributed by atoms with van der Waals surface area (Å²) < 4.78 is 1.78. The second-order valence-electron chi connectivity index (χ2n) is 3.66. The van der Waals surface area contributed by atoms with E-state index < -0.39 is 0 Å². The van der Waals surface area contributed by atoms with Crippen molar-refractivity contribution in [3.63, 3.8) is 0 Å². The van der Waals surface area contributed by atoms with E-state index in [4.69, 9.17) is 0 Å². The molecule has 0 aliphatic rings. The number of hydrogen-bond acceptors (Lipinski definition) is 3. The van der Waals surface area contributed by atoms with Crippen LogP contribution in [-0.2, 0) is 0 Å². The van der Waals surface area contributed by atoms with Gasteiger partial charge in [-0.1, -0.05) is 24.4 Å². The van der Waals surface area contributed by atoms with E-state index in [-0.39, 0.29) is 0 Å². The van der Waals surface area contributed by atoms with Gasteiger partial charge in [-0.05, 0) is 31.1 Å². The van der Waals surface area contributed by atoms with E-state index in [1.54, 1.807) is 16.0 Å². The van der Waals surface area contributed by atoms with Crippen LogP contribution in [0.3, 0.4) is 0 Å². The highest BCUT2D eigenvalue weighted by Gasteiger charge is 2.09. The van der Waals surface area contributed by atoms with Gasteiger partial charge < -0.3 is 0 Å². The summed E-state index contributed by atoms with van der Waals surface area (Å²) in [6.07, 6.45) is 3.74. The smallest absolute Gasteiger partial charge is 0.120 e. The number of thiophene rings is 1. The first-order chi connectivity index (χ1) is 7.61. The molecule has 3 nitrogen and oxygen atoms in total. The van der Waals surface area contributed by atoms with Gasteiger partial charge in [0, 0.05) is 4.88 Å². The normalized spacial score (nSPS) is 10.4. The molecule has 0 saturated carbocycles. The van der Waals surface area contributed by atoms with Crippen LogP contribution < -0.4 is 0 Å². The summed E-state index contributed by atoms with van der Waals surface area (Å²) >= 11 is 1.65. The lowest BCUT2D eigenvalue weighted by atomic mass is 10.2. The van der Waals surface area contributed by atoms with Crippen molar-refractivity contribution in [2.45, 2.75) is 13.8 Å². The molecule has 16 heavy (non-hydrogen) atoms. The third-order valence-corrected chi connectivity index (χ3v) is 3.49. The summed E-state index contributed by atoms with van der Waals surface area (Å²) in [4.78, 5) is 1.15. The van der Waals surface area contributed by atoms with Crippen LogP contribution in [0.15, 0.2) is 25.4 Å². The Morgan fingerprint density at radius 3 is 2.75 bits per heavy atom. The SMILES string of the molecule is C=Cc1cc(-n2cc(C)nn2)sc1C(=C)C. The maximum absolute atomic E-state index is 4.05. The average Bonchev–Trinajstić information content (AvgIpc) is 2.82. The van der Waals surface area contributed by atoms with Crippen LogP contribution in [0.25, 0.3) is 16.7 Å². The van der Waals surface area contributed by atoms with Crippen LogP contribution in [0.2, 0.25) is 0 Å². The zero-order chi connectivity index (χ0) is 11.7. The Labute approximate surface area is 98.7 Å². The van der Waals surface area contributed by atoms with Gasteiger partial charge in [-0.15, -0.1) is 16.4 Å². The van der Waals surface area contributed by atoms with E-state index in [0.717, 1.165) is 26.7 Å². The number of rotatable bonds is 3. The molecule has 4 heteroatoms. The summed E-state index contributed by atoms with van der Waals surface area (Å²) in [6, 6.07) is 2.05. The molecule has 0 amide bonds. The van der Waals surface area contributed by atoms with Gasteiger partial charge in [-0.2, -0.15) is 0 Å². The lowest BCUT2D eigenvalue weighted by Crippen LogP contribution is -1.90. The fraction of sp³-hybridized carbons (Fsp3) is 0.167. The number of allylic oxidation sites excluding steroid dienone is 1. The maximum Gasteiger partial charge on any atom is 0.120 e. The summed E-state index contributed by atoms with van der Waals surface area (Å²) in [6.45, 7) is 11.7. The van der Waals surface area contributed by atoms with Gasteiger partial charge in [0.15, 0.2) is 0 Å². The second-order valence-corrected chi connectivity index (χ2v) is 4.69. The molecule has 0 bridgehead atoms. The molecule has 0 aliphatic heterocycles. The van der Waals surface area contributed by atoms with E-state index in [2.05, 4.69) is 29.5 Å². The Morgan fingerprint density at radius 1 is 1.56 bits per heavy atom. The van der Waals surface area contributed by atoms with E-state index in [1.165, 1.54) is 0 Å². The van der Waals surface area contributed by atoms with Gasteiger partial charge in [-0.3, -0.25) is 0 Å². The van der Waals surface area contributed by atoms with E-state index >= 15 is 0 Å². The summed E-state index contributed by atoms with van der Waals surface area (Å²) in [7, 11) is 0. The van der Waals surface area contributed by atoms with Crippen molar-refractivity contribution in [1.29, 1.82) is 0 Å². The lowest BCUT2D eigenvalue weighted by molar-refractivity contribution is 0.812. The zero-order valence-electron chi connectivity index (χ0n) is 9.40. The molecule has 2 heterocycles. The van der Waals surface area contributed by atoms with Gasteiger partial charge in [0.2, 0.25) is 0 Å². The Bertz CT molecular complexity index is 548. The van der Waals surface area contributed by atoms with Crippen molar-refractivity contribution in [1.82, 2.24) is 15.0 Å². The Kier molecular flexibility index (Phi) is 2.75. The van der Waals surface area contributed by atoms with Gasteiger partial charge in [0.1, 0.15) is 5.00 Å². The van der Waals surface area contributed by atoms with Crippen molar-refractivity contribution in [2.75, 3.05) is 0 Å². The monoisotopic (exact) mass is 231 g/mol. The fourth-order valence-corrected chi connectivity index (χ4v) is 2.46. The standard InChI is InChI=1S/C12H13N3S/c1-5-10-6-11(16-12(10)8(2)3)15-7-9(4)13-14-15/h5-7H,1-2H2,3-4H3. The average molecular weight is 231 g/mol. The van der Waals surface area contributed by atoms with Gasteiger partial charge in [-0.25, -0.2) is 4.68 Å². The van der Waals surface area contributed by atoms with Crippen LogP contribution in [-0.4, -0.2) is 15.0 Å². The molecule has 2 aromatic rings. The molecule has 0 fully saturated rings. The molecule has 0 aromatic carbocycles. The Balaban J connectivity index is 2.51.